The average molecular weight is 414 g/mol. The molecule has 3 rings (SSSR count). The van der Waals surface area contributed by atoms with Gasteiger partial charge >= 0.3 is 6.09 Å². The second-order valence-electron chi connectivity index (χ2n) is 5.58. The molecular weight excluding hydrogens is 401 g/mol. The Bertz CT molecular complexity index is 883. The van der Waals surface area contributed by atoms with Crippen LogP contribution in [0.1, 0.15) is 17.0 Å². The Kier molecular flexibility index (Phi) is 4.38. The van der Waals surface area contributed by atoms with Crippen LogP contribution in [0.25, 0.3) is 11.0 Å². The molecular formula is C15H13BrFN3O5. The van der Waals surface area contributed by atoms with E-state index in [0.717, 1.165) is 4.90 Å². The highest BCUT2D eigenvalue weighted by Crippen LogP contribution is 2.33. The average Bonchev–Trinajstić information content (AvgIpc) is 3.09. The molecule has 1 saturated heterocycles. The number of carboxylic acid groups (broad SMARTS) is 1. The Morgan fingerprint density at radius 1 is 1.40 bits per heavy atom. The molecule has 4 N–H and O–H groups in total. The number of alkyl halides is 1. The summed E-state index contributed by atoms with van der Waals surface area (Å²) in [5, 5.41) is 12.0. The van der Waals surface area contributed by atoms with Crippen LogP contribution in [0.3, 0.4) is 0 Å². The molecule has 0 radical (unpaired) electrons. The lowest BCUT2D eigenvalue weighted by Crippen LogP contribution is -2.42. The summed E-state index contributed by atoms with van der Waals surface area (Å²) in [5.74, 6) is -1.92. The van der Waals surface area contributed by atoms with Gasteiger partial charge in [-0.25, -0.2) is 9.18 Å². The number of halogens is 2. The number of hydrogen-bond acceptors (Lipinski definition) is 4. The summed E-state index contributed by atoms with van der Waals surface area (Å²) in [7, 11) is 0. The number of likely N-dealkylation sites (tertiary alicyclic amines) is 1. The molecule has 8 nitrogen and oxygen atoms in total. The van der Waals surface area contributed by atoms with Crippen molar-refractivity contribution in [2.45, 2.75) is 18.6 Å². The quantitative estimate of drug-likeness (QED) is 0.711. The standard InChI is InChI=1S/C15H13BrFN3O5/c16-6-1-2-10-8(3-6)11(12(25-10)13(18)21)19-14(22)9-4-7(17)5-20(9)15(23)24/h1-3,7,9H,4-5H2,(H2,18,21)(H,19,22)(H,23,24). The number of nitrogens with zero attached hydrogens (tertiary/aromatic N) is 1. The molecule has 0 saturated carbocycles. The lowest BCUT2D eigenvalue weighted by Gasteiger charge is -2.20. The topological polar surface area (TPSA) is 126 Å². The van der Waals surface area contributed by atoms with Gasteiger partial charge in [0.1, 0.15) is 23.5 Å². The fourth-order valence-electron chi connectivity index (χ4n) is 2.82. The second-order valence-corrected chi connectivity index (χ2v) is 6.50. The van der Waals surface area contributed by atoms with E-state index in [-0.39, 0.29) is 24.4 Å². The van der Waals surface area contributed by atoms with Crippen LogP contribution in [0.5, 0.6) is 0 Å². The molecule has 2 unspecified atom stereocenters. The zero-order valence-electron chi connectivity index (χ0n) is 12.7. The van der Waals surface area contributed by atoms with Crippen molar-refractivity contribution in [2.75, 3.05) is 11.9 Å². The Hall–Kier alpha value is -2.62. The van der Waals surface area contributed by atoms with E-state index in [1.807, 2.05) is 0 Å². The Balaban J connectivity index is 1.98. The fourth-order valence-corrected chi connectivity index (χ4v) is 3.18. The molecule has 2 heterocycles. The van der Waals surface area contributed by atoms with Gasteiger partial charge in [-0.3, -0.25) is 14.5 Å². The summed E-state index contributed by atoms with van der Waals surface area (Å²) in [5.41, 5.74) is 5.63. The maximum absolute atomic E-state index is 13.6. The van der Waals surface area contributed by atoms with Gasteiger partial charge in [-0.05, 0) is 18.2 Å². The van der Waals surface area contributed by atoms with Crippen LogP contribution in [-0.2, 0) is 4.79 Å². The van der Waals surface area contributed by atoms with Crippen molar-refractivity contribution in [3.05, 3.63) is 28.4 Å². The minimum atomic E-state index is -1.43. The molecule has 2 aromatic rings. The van der Waals surface area contributed by atoms with Gasteiger partial charge < -0.3 is 20.6 Å². The molecule has 1 aromatic carbocycles. The number of benzene rings is 1. The number of nitrogens with one attached hydrogen (secondary N) is 1. The summed E-state index contributed by atoms with van der Waals surface area (Å²) in [6.45, 7) is -0.381. The lowest BCUT2D eigenvalue weighted by molar-refractivity contribution is -0.119. The molecule has 2 atom stereocenters. The molecule has 10 heteroatoms. The van der Waals surface area contributed by atoms with Gasteiger partial charge in [0.2, 0.25) is 11.7 Å². The van der Waals surface area contributed by atoms with Gasteiger partial charge in [0, 0.05) is 16.3 Å². The second kappa shape index (κ2) is 6.36. The predicted octanol–water partition coefficient (Wildman–Crippen LogP) is 2.32. The van der Waals surface area contributed by atoms with Gasteiger partial charge in [0.05, 0.1) is 6.54 Å². The van der Waals surface area contributed by atoms with Gasteiger partial charge in [-0.1, -0.05) is 15.9 Å². The number of carbonyl (C=O) groups is 3. The molecule has 25 heavy (non-hydrogen) atoms. The summed E-state index contributed by atoms with van der Waals surface area (Å²) in [4.78, 5) is 36.0. The van der Waals surface area contributed by atoms with Gasteiger partial charge in [-0.15, -0.1) is 0 Å². The van der Waals surface area contributed by atoms with Gasteiger partial charge in [0.25, 0.3) is 5.91 Å². The van der Waals surface area contributed by atoms with Crippen molar-refractivity contribution in [2.24, 2.45) is 5.73 Å². The Morgan fingerprint density at radius 3 is 2.76 bits per heavy atom. The zero-order chi connectivity index (χ0) is 18.3. The number of amides is 3. The molecule has 1 aliphatic heterocycles. The van der Waals surface area contributed by atoms with Crippen LogP contribution in [0.2, 0.25) is 0 Å². The summed E-state index contributed by atoms with van der Waals surface area (Å²) in [6, 6.07) is 3.67. The first-order chi connectivity index (χ1) is 11.8. The zero-order valence-corrected chi connectivity index (χ0v) is 14.2. The molecule has 1 fully saturated rings. The number of furan rings is 1. The fraction of sp³-hybridized carbons (Fsp3) is 0.267. The SMILES string of the molecule is NC(=O)c1oc2ccc(Br)cc2c1NC(=O)C1CC(F)CN1C(=O)O. The van der Waals surface area contributed by atoms with E-state index >= 15 is 0 Å². The van der Waals surface area contributed by atoms with E-state index in [1.165, 1.54) is 0 Å². The van der Waals surface area contributed by atoms with Crippen molar-refractivity contribution in [3.63, 3.8) is 0 Å². The third kappa shape index (κ3) is 3.16. The Labute approximate surface area is 148 Å². The van der Waals surface area contributed by atoms with E-state index in [4.69, 9.17) is 15.3 Å². The minimum absolute atomic E-state index is 0.0291. The van der Waals surface area contributed by atoms with Gasteiger partial charge in [0.15, 0.2) is 0 Å². The first kappa shape index (κ1) is 17.2. The number of hydrogen-bond donors (Lipinski definition) is 3. The van der Waals surface area contributed by atoms with Crippen LogP contribution in [-0.4, -0.2) is 46.7 Å². The van der Waals surface area contributed by atoms with E-state index in [9.17, 15) is 18.8 Å². The third-order valence-corrected chi connectivity index (χ3v) is 4.41. The number of anilines is 1. The maximum Gasteiger partial charge on any atom is 0.408 e. The maximum atomic E-state index is 13.6. The largest absolute Gasteiger partial charge is 0.465 e. The van der Waals surface area contributed by atoms with E-state index in [0.29, 0.717) is 15.4 Å². The van der Waals surface area contributed by atoms with Crippen LogP contribution in [0.15, 0.2) is 27.1 Å². The Morgan fingerprint density at radius 2 is 2.12 bits per heavy atom. The van der Waals surface area contributed by atoms with Crippen LogP contribution in [0, 0.1) is 0 Å². The van der Waals surface area contributed by atoms with Crippen LogP contribution >= 0.6 is 15.9 Å². The third-order valence-electron chi connectivity index (χ3n) is 3.92. The minimum Gasteiger partial charge on any atom is -0.465 e. The highest BCUT2D eigenvalue weighted by Gasteiger charge is 2.40. The number of nitrogens with two attached hydrogens (primary N) is 1. The molecule has 0 bridgehead atoms. The van der Waals surface area contributed by atoms with Crippen molar-refractivity contribution in [1.29, 1.82) is 0 Å². The first-order valence-corrected chi connectivity index (χ1v) is 8.03. The summed E-state index contributed by atoms with van der Waals surface area (Å²) in [6.07, 6.45) is -3.09. The molecule has 0 aliphatic carbocycles. The number of carbonyl (C=O) groups excluding carboxylic acids is 2. The van der Waals surface area contributed by atoms with Crippen molar-refractivity contribution < 1.29 is 28.3 Å². The van der Waals surface area contributed by atoms with E-state index < -0.39 is 30.1 Å². The van der Waals surface area contributed by atoms with Crippen molar-refractivity contribution in [3.8, 4) is 0 Å². The lowest BCUT2D eigenvalue weighted by atomic mass is 10.1. The highest BCUT2D eigenvalue weighted by atomic mass is 79.9. The molecule has 132 valence electrons. The monoisotopic (exact) mass is 413 g/mol. The molecule has 1 aromatic heterocycles. The predicted molar refractivity (Wildman–Crippen MR) is 89.1 cm³/mol. The normalized spacial score (nSPS) is 20.0. The van der Waals surface area contributed by atoms with Crippen LogP contribution in [0.4, 0.5) is 14.9 Å². The first-order valence-electron chi connectivity index (χ1n) is 7.24. The number of rotatable bonds is 3. The van der Waals surface area contributed by atoms with Crippen molar-refractivity contribution in [1.82, 2.24) is 4.90 Å². The van der Waals surface area contributed by atoms with Gasteiger partial charge in [-0.2, -0.15) is 0 Å². The van der Waals surface area contributed by atoms with E-state index in [2.05, 4.69) is 21.2 Å². The van der Waals surface area contributed by atoms with Crippen LogP contribution < -0.4 is 11.1 Å². The summed E-state index contributed by atoms with van der Waals surface area (Å²) >= 11 is 3.28. The molecule has 1 aliphatic rings. The van der Waals surface area contributed by atoms with E-state index in [1.54, 1.807) is 18.2 Å². The highest BCUT2D eigenvalue weighted by molar-refractivity contribution is 9.10. The summed E-state index contributed by atoms with van der Waals surface area (Å²) < 4.78 is 19.6. The molecule has 3 amide bonds. The number of fused-ring (bicyclic) bond motifs is 1. The number of primary amides is 1. The van der Waals surface area contributed by atoms with Crippen molar-refractivity contribution >= 4 is 50.5 Å². The molecule has 0 spiro atoms. The smallest absolute Gasteiger partial charge is 0.408 e.